The third-order valence-electron chi connectivity index (χ3n) is 6.23. The van der Waals surface area contributed by atoms with Crippen molar-refractivity contribution in [2.45, 2.75) is 56.7 Å². The largest absolute Gasteiger partial charge is 0.352 e. The summed E-state index contributed by atoms with van der Waals surface area (Å²) < 4.78 is 0. The molecule has 6 nitrogen and oxygen atoms in total. The first-order valence-corrected chi connectivity index (χ1v) is 11.1. The van der Waals surface area contributed by atoms with E-state index in [9.17, 15) is 14.4 Å². The number of hydrogen-bond donors (Lipinski definition) is 2. The van der Waals surface area contributed by atoms with E-state index in [-0.39, 0.29) is 23.8 Å². The van der Waals surface area contributed by atoms with Gasteiger partial charge in [0, 0.05) is 18.2 Å². The molecular weight excluding hydrogens is 390 g/mol. The first kappa shape index (κ1) is 21.1. The maximum Gasteiger partial charge on any atom is 0.252 e. The third-order valence-corrected chi connectivity index (χ3v) is 6.23. The molecule has 0 bridgehead atoms. The molecule has 1 heterocycles. The lowest BCUT2D eigenvalue weighted by Crippen LogP contribution is -2.51. The SMILES string of the molecule is O=C(N[C@H](C(=O)N1CCC[C@H]1C(=O)NC1CCCC1)c1ccccc1)c1ccccc1. The summed E-state index contributed by atoms with van der Waals surface area (Å²) in [6.07, 6.45) is 5.72. The number of nitrogens with one attached hydrogen (secondary N) is 2. The van der Waals surface area contributed by atoms with Crippen LogP contribution in [-0.2, 0) is 9.59 Å². The quantitative estimate of drug-likeness (QED) is 0.755. The molecule has 2 atom stereocenters. The molecule has 1 saturated heterocycles. The summed E-state index contributed by atoms with van der Waals surface area (Å²) in [4.78, 5) is 41.0. The monoisotopic (exact) mass is 419 g/mol. The first-order chi connectivity index (χ1) is 15.1. The Hall–Kier alpha value is -3.15. The molecule has 0 radical (unpaired) electrons. The van der Waals surface area contributed by atoms with Gasteiger partial charge in [0.25, 0.3) is 5.91 Å². The van der Waals surface area contributed by atoms with Crippen LogP contribution in [0.25, 0.3) is 0 Å². The number of hydrogen-bond acceptors (Lipinski definition) is 3. The van der Waals surface area contributed by atoms with Crippen molar-refractivity contribution >= 4 is 17.7 Å². The lowest BCUT2D eigenvalue weighted by atomic mass is 10.0. The normalized spacial score (nSPS) is 19.7. The van der Waals surface area contributed by atoms with Crippen molar-refractivity contribution in [1.82, 2.24) is 15.5 Å². The van der Waals surface area contributed by atoms with Crippen molar-refractivity contribution in [3.63, 3.8) is 0 Å². The van der Waals surface area contributed by atoms with Gasteiger partial charge >= 0.3 is 0 Å². The molecule has 2 aromatic rings. The Morgan fingerprint density at radius 1 is 0.839 bits per heavy atom. The van der Waals surface area contributed by atoms with Gasteiger partial charge in [0.05, 0.1) is 0 Å². The topological polar surface area (TPSA) is 78.5 Å². The average Bonchev–Trinajstić information content (AvgIpc) is 3.50. The highest BCUT2D eigenvalue weighted by atomic mass is 16.2. The molecule has 2 aromatic carbocycles. The molecule has 6 heteroatoms. The molecule has 0 unspecified atom stereocenters. The van der Waals surface area contributed by atoms with Crippen molar-refractivity contribution in [1.29, 1.82) is 0 Å². The number of carbonyl (C=O) groups is 3. The van der Waals surface area contributed by atoms with E-state index in [0.717, 1.165) is 32.1 Å². The van der Waals surface area contributed by atoms with E-state index in [1.54, 1.807) is 29.2 Å². The molecule has 0 aromatic heterocycles. The number of amides is 3. The van der Waals surface area contributed by atoms with Gasteiger partial charge in [-0.25, -0.2) is 0 Å². The zero-order valence-corrected chi connectivity index (χ0v) is 17.6. The summed E-state index contributed by atoms with van der Waals surface area (Å²) in [6, 6.07) is 17.0. The van der Waals surface area contributed by atoms with Crippen molar-refractivity contribution in [2.75, 3.05) is 6.54 Å². The number of carbonyl (C=O) groups excluding carboxylic acids is 3. The number of benzene rings is 2. The lowest BCUT2D eigenvalue weighted by Gasteiger charge is -2.29. The van der Waals surface area contributed by atoms with Crippen LogP contribution in [0.4, 0.5) is 0 Å². The minimum absolute atomic E-state index is 0.0704. The number of rotatable bonds is 6. The molecule has 0 spiro atoms. The van der Waals surface area contributed by atoms with Crippen LogP contribution in [0, 0.1) is 0 Å². The van der Waals surface area contributed by atoms with Crippen molar-refractivity contribution in [3.05, 3.63) is 71.8 Å². The van der Waals surface area contributed by atoms with Crippen LogP contribution >= 0.6 is 0 Å². The fourth-order valence-electron chi connectivity index (χ4n) is 4.57. The molecule has 2 fully saturated rings. The Kier molecular flexibility index (Phi) is 6.65. The van der Waals surface area contributed by atoms with Crippen molar-refractivity contribution in [2.24, 2.45) is 0 Å². The average molecular weight is 420 g/mol. The highest BCUT2D eigenvalue weighted by Crippen LogP contribution is 2.25. The first-order valence-electron chi connectivity index (χ1n) is 11.1. The predicted octanol–water partition coefficient (Wildman–Crippen LogP) is 3.21. The van der Waals surface area contributed by atoms with Gasteiger partial charge < -0.3 is 15.5 Å². The Labute approximate surface area is 183 Å². The lowest BCUT2D eigenvalue weighted by molar-refractivity contribution is -0.140. The van der Waals surface area contributed by atoms with E-state index < -0.39 is 12.1 Å². The van der Waals surface area contributed by atoms with Gasteiger partial charge in [-0.2, -0.15) is 0 Å². The maximum absolute atomic E-state index is 13.6. The Morgan fingerprint density at radius 2 is 1.48 bits per heavy atom. The van der Waals surface area contributed by atoms with Crippen LogP contribution < -0.4 is 10.6 Å². The zero-order chi connectivity index (χ0) is 21.6. The second kappa shape index (κ2) is 9.77. The minimum atomic E-state index is -0.839. The van der Waals surface area contributed by atoms with E-state index in [1.165, 1.54) is 0 Å². The molecule has 3 amide bonds. The van der Waals surface area contributed by atoms with Crippen molar-refractivity contribution < 1.29 is 14.4 Å². The highest BCUT2D eigenvalue weighted by Gasteiger charge is 2.39. The van der Waals surface area contributed by atoms with E-state index in [0.29, 0.717) is 24.1 Å². The molecule has 1 aliphatic heterocycles. The Balaban J connectivity index is 1.53. The minimum Gasteiger partial charge on any atom is -0.352 e. The van der Waals surface area contributed by atoms with Gasteiger partial charge in [-0.3, -0.25) is 14.4 Å². The van der Waals surface area contributed by atoms with Gasteiger partial charge in [-0.1, -0.05) is 61.4 Å². The zero-order valence-electron chi connectivity index (χ0n) is 17.6. The van der Waals surface area contributed by atoms with Gasteiger partial charge in [0.2, 0.25) is 11.8 Å². The fourth-order valence-corrected chi connectivity index (χ4v) is 4.57. The molecule has 1 aliphatic carbocycles. The summed E-state index contributed by atoms with van der Waals surface area (Å²) >= 11 is 0. The molecular formula is C25H29N3O3. The summed E-state index contributed by atoms with van der Waals surface area (Å²) in [7, 11) is 0. The second-order valence-electron chi connectivity index (χ2n) is 8.36. The Bertz CT molecular complexity index is 910. The van der Waals surface area contributed by atoms with Gasteiger partial charge in [-0.15, -0.1) is 0 Å². The fraction of sp³-hybridized carbons (Fsp3) is 0.400. The van der Waals surface area contributed by atoms with E-state index in [2.05, 4.69) is 10.6 Å². The van der Waals surface area contributed by atoms with E-state index >= 15 is 0 Å². The summed E-state index contributed by atoms with van der Waals surface area (Å²) in [5.41, 5.74) is 1.20. The van der Waals surface area contributed by atoms with Crippen LogP contribution in [0.15, 0.2) is 60.7 Å². The van der Waals surface area contributed by atoms with E-state index in [1.807, 2.05) is 36.4 Å². The molecule has 4 rings (SSSR count). The van der Waals surface area contributed by atoms with Crippen LogP contribution in [-0.4, -0.2) is 41.2 Å². The maximum atomic E-state index is 13.6. The second-order valence-corrected chi connectivity index (χ2v) is 8.36. The van der Waals surface area contributed by atoms with Crippen LogP contribution in [0.5, 0.6) is 0 Å². The summed E-state index contributed by atoms with van der Waals surface area (Å²) in [6.45, 7) is 0.520. The smallest absolute Gasteiger partial charge is 0.252 e. The Morgan fingerprint density at radius 3 is 2.16 bits per heavy atom. The molecule has 162 valence electrons. The van der Waals surface area contributed by atoms with Crippen LogP contribution in [0.2, 0.25) is 0 Å². The summed E-state index contributed by atoms with van der Waals surface area (Å²) in [5.74, 6) is -0.618. The van der Waals surface area contributed by atoms with Crippen LogP contribution in [0.1, 0.15) is 60.5 Å². The predicted molar refractivity (Wildman–Crippen MR) is 118 cm³/mol. The van der Waals surface area contributed by atoms with Crippen molar-refractivity contribution in [3.8, 4) is 0 Å². The number of nitrogens with zero attached hydrogens (tertiary/aromatic N) is 1. The third kappa shape index (κ3) is 4.95. The highest BCUT2D eigenvalue weighted by molar-refractivity contribution is 5.98. The molecule has 2 aliphatic rings. The molecule has 2 N–H and O–H groups in total. The molecule has 31 heavy (non-hydrogen) atoms. The van der Waals surface area contributed by atoms with E-state index in [4.69, 9.17) is 0 Å². The summed E-state index contributed by atoms with van der Waals surface area (Å²) in [5, 5.41) is 6.03. The molecule has 1 saturated carbocycles. The standard InChI is InChI=1S/C25H29N3O3/c29-23(19-12-5-2-6-13-19)27-22(18-10-3-1-4-11-18)25(31)28-17-9-16-21(28)24(30)26-20-14-7-8-15-20/h1-6,10-13,20-22H,7-9,14-17H2,(H,26,30)(H,27,29)/t21-,22-/m0/s1. The van der Waals surface area contributed by atoms with Gasteiger partial charge in [0.1, 0.15) is 12.1 Å². The van der Waals surface area contributed by atoms with Gasteiger partial charge in [0.15, 0.2) is 0 Å². The van der Waals surface area contributed by atoms with Gasteiger partial charge in [-0.05, 0) is 43.4 Å². The van der Waals surface area contributed by atoms with Crippen LogP contribution in [0.3, 0.4) is 0 Å². The number of likely N-dealkylation sites (tertiary alicyclic amines) is 1.